The number of nitrogens with one attached hydrogen (secondary N) is 1. The molecule has 2 heterocycles. The standard InChI is InChI=1S/C14H20N2O4/c1-10-5-6-11(20-10)9-15-13(19)16-8-4-3-7-14(16,2)12(17)18/h5-6H,3-4,7-9H2,1-2H3,(H,15,19)(H,17,18). The van der Waals surface area contributed by atoms with Crippen LogP contribution in [0.15, 0.2) is 16.5 Å². The van der Waals surface area contributed by atoms with Crippen LogP contribution in [0, 0.1) is 6.92 Å². The topological polar surface area (TPSA) is 82.8 Å². The number of carboxylic acids is 1. The van der Waals surface area contributed by atoms with Gasteiger partial charge in [-0.2, -0.15) is 0 Å². The van der Waals surface area contributed by atoms with Gasteiger partial charge in [-0.3, -0.25) is 0 Å². The molecule has 1 aliphatic rings. The highest BCUT2D eigenvalue weighted by Crippen LogP contribution is 2.28. The molecular formula is C14H20N2O4. The van der Waals surface area contributed by atoms with Crippen LogP contribution in [0.5, 0.6) is 0 Å². The number of carbonyl (C=O) groups excluding carboxylic acids is 1. The van der Waals surface area contributed by atoms with E-state index in [0.717, 1.165) is 18.6 Å². The van der Waals surface area contributed by atoms with E-state index in [1.54, 1.807) is 13.0 Å². The normalized spacial score (nSPS) is 22.6. The first-order valence-electron chi connectivity index (χ1n) is 6.77. The smallest absolute Gasteiger partial charge is 0.329 e. The highest BCUT2D eigenvalue weighted by atomic mass is 16.4. The summed E-state index contributed by atoms with van der Waals surface area (Å²) >= 11 is 0. The minimum absolute atomic E-state index is 0.263. The fourth-order valence-electron chi connectivity index (χ4n) is 2.51. The van der Waals surface area contributed by atoms with E-state index in [4.69, 9.17) is 4.42 Å². The average molecular weight is 280 g/mol. The van der Waals surface area contributed by atoms with Crippen molar-refractivity contribution >= 4 is 12.0 Å². The molecule has 0 radical (unpaired) electrons. The predicted octanol–water partition coefficient (Wildman–Crippen LogP) is 2.13. The maximum atomic E-state index is 12.2. The number of carboxylic acid groups (broad SMARTS) is 1. The van der Waals surface area contributed by atoms with Crippen molar-refractivity contribution in [3.63, 3.8) is 0 Å². The van der Waals surface area contributed by atoms with Crippen LogP contribution in [0.25, 0.3) is 0 Å². The molecule has 0 spiro atoms. The predicted molar refractivity (Wildman–Crippen MR) is 72.3 cm³/mol. The number of hydrogen-bond donors (Lipinski definition) is 2. The number of rotatable bonds is 3. The van der Waals surface area contributed by atoms with Gasteiger partial charge in [0.15, 0.2) is 0 Å². The molecular weight excluding hydrogens is 260 g/mol. The highest BCUT2D eigenvalue weighted by Gasteiger charge is 2.43. The van der Waals surface area contributed by atoms with Crippen molar-refractivity contribution in [2.75, 3.05) is 6.54 Å². The number of aliphatic carboxylic acids is 1. The molecule has 0 aliphatic carbocycles. The van der Waals surface area contributed by atoms with Crippen LogP contribution < -0.4 is 5.32 Å². The molecule has 20 heavy (non-hydrogen) atoms. The Balaban J connectivity index is 2.01. The Bertz CT molecular complexity index is 511. The Morgan fingerprint density at radius 2 is 2.20 bits per heavy atom. The molecule has 1 aliphatic heterocycles. The zero-order valence-electron chi connectivity index (χ0n) is 11.8. The van der Waals surface area contributed by atoms with Gasteiger partial charge in [0, 0.05) is 6.54 Å². The molecule has 1 unspecified atom stereocenters. The second-order valence-corrected chi connectivity index (χ2v) is 5.36. The molecule has 2 rings (SSSR count). The number of aryl methyl sites for hydroxylation is 1. The van der Waals surface area contributed by atoms with Gasteiger partial charge >= 0.3 is 12.0 Å². The molecule has 1 aromatic heterocycles. The second-order valence-electron chi connectivity index (χ2n) is 5.36. The fourth-order valence-corrected chi connectivity index (χ4v) is 2.51. The number of hydrogen-bond acceptors (Lipinski definition) is 3. The monoisotopic (exact) mass is 280 g/mol. The van der Waals surface area contributed by atoms with E-state index in [-0.39, 0.29) is 12.6 Å². The summed E-state index contributed by atoms with van der Waals surface area (Å²) in [5, 5.41) is 12.1. The summed E-state index contributed by atoms with van der Waals surface area (Å²) in [5.41, 5.74) is -1.12. The lowest BCUT2D eigenvalue weighted by atomic mass is 9.89. The second kappa shape index (κ2) is 5.56. The molecule has 6 nitrogen and oxygen atoms in total. The molecule has 6 heteroatoms. The van der Waals surface area contributed by atoms with Crippen LogP contribution in [-0.2, 0) is 11.3 Å². The lowest BCUT2D eigenvalue weighted by Gasteiger charge is -2.41. The lowest BCUT2D eigenvalue weighted by molar-refractivity contribution is -0.150. The largest absolute Gasteiger partial charge is 0.480 e. The highest BCUT2D eigenvalue weighted by molar-refractivity contribution is 5.86. The number of nitrogens with zero attached hydrogens (tertiary/aromatic N) is 1. The number of amides is 2. The lowest BCUT2D eigenvalue weighted by Crippen LogP contribution is -2.59. The fraction of sp³-hybridized carbons (Fsp3) is 0.571. The van der Waals surface area contributed by atoms with E-state index in [9.17, 15) is 14.7 Å². The zero-order chi connectivity index (χ0) is 14.8. The average Bonchev–Trinajstić information content (AvgIpc) is 2.82. The molecule has 0 saturated carbocycles. The van der Waals surface area contributed by atoms with Gasteiger partial charge in [0.2, 0.25) is 0 Å². The summed E-state index contributed by atoms with van der Waals surface area (Å²) < 4.78 is 5.37. The first-order chi connectivity index (χ1) is 9.43. The van der Waals surface area contributed by atoms with Gasteiger partial charge in [-0.15, -0.1) is 0 Å². The SMILES string of the molecule is Cc1ccc(CNC(=O)N2CCCCC2(C)C(=O)O)o1. The van der Waals surface area contributed by atoms with Gasteiger partial charge in [0.25, 0.3) is 0 Å². The van der Waals surface area contributed by atoms with Crippen LogP contribution in [0.3, 0.4) is 0 Å². The van der Waals surface area contributed by atoms with Crippen LogP contribution in [0.2, 0.25) is 0 Å². The van der Waals surface area contributed by atoms with Gasteiger partial charge in [-0.25, -0.2) is 9.59 Å². The maximum absolute atomic E-state index is 12.2. The number of carbonyl (C=O) groups is 2. The van der Waals surface area contributed by atoms with E-state index in [2.05, 4.69) is 5.32 Å². The number of furan rings is 1. The third kappa shape index (κ3) is 2.79. The van der Waals surface area contributed by atoms with Gasteiger partial charge in [0.05, 0.1) is 6.54 Å². The third-order valence-corrected chi connectivity index (χ3v) is 3.81. The minimum Gasteiger partial charge on any atom is -0.480 e. The first-order valence-corrected chi connectivity index (χ1v) is 6.77. The van der Waals surface area contributed by atoms with Crippen molar-refractivity contribution in [1.82, 2.24) is 10.2 Å². The van der Waals surface area contributed by atoms with Crippen molar-refractivity contribution in [2.24, 2.45) is 0 Å². The van der Waals surface area contributed by atoms with E-state index in [1.165, 1.54) is 4.90 Å². The molecule has 1 fully saturated rings. The molecule has 0 aromatic carbocycles. The summed E-state index contributed by atoms with van der Waals surface area (Å²) in [5.74, 6) is 0.480. The van der Waals surface area contributed by atoms with E-state index in [0.29, 0.717) is 18.7 Å². The van der Waals surface area contributed by atoms with Crippen LogP contribution >= 0.6 is 0 Å². The number of urea groups is 1. The molecule has 1 saturated heterocycles. The Hall–Kier alpha value is -1.98. The molecule has 1 atom stereocenters. The van der Waals surface area contributed by atoms with Crippen LogP contribution in [0.4, 0.5) is 4.79 Å². The van der Waals surface area contributed by atoms with Gasteiger partial charge in [0.1, 0.15) is 17.1 Å². The van der Waals surface area contributed by atoms with Crippen LogP contribution in [-0.4, -0.2) is 34.1 Å². The Morgan fingerprint density at radius 1 is 1.45 bits per heavy atom. The Kier molecular flexibility index (Phi) is 4.01. The summed E-state index contributed by atoms with van der Waals surface area (Å²) in [4.78, 5) is 25.0. The third-order valence-electron chi connectivity index (χ3n) is 3.81. The molecule has 110 valence electrons. The van der Waals surface area contributed by atoms with E-state index < -0.39 is 11.5 Å². The summed E-state index contributed by atoms with van der Waals surface area (Å²) in [6.45, 7) is 4.16. The molecule has 1 aromatic rings. The molecule has 0 bridgehead atoms. The van der Waals surface area contributed by atoms with Gasteiger partial charge in [-0.05, 0) is 45.2 Å². The van der Waals surface area contributed by atoms with Gasteiger partial charge < -0.3 is 19.7 Å². The number of piperidine rings is 1. The Labute approximate surface area is 117 Å². The van der Waals surface area contributed by atoms with Crippen molar-refractivity contribution in [1.29, 1.82) is 0 Å². The van der Waals surface area contributed by atoms with Crippen molar-refractivity contribution in [3.05, 3.63) is 23.7 Å². The number of likely N-dealkylation sites (tertiary alicyclic amines) is 1. The Morgan fingerprint density at radius 3 is 2.80 bits per heavy atom. The van der Waals surface area contributed by atoms with Crippen molar-refractivity contribution in [3.8, 4) is 0 Å². The molecule has 2 N–H and O–H groups in total. The first kappa shape index (κ1) is 14.4. The summed E-state index contributed by atoms with van der Waals surface area (Å²) in [6.07, 6.45) is 2.13. The summed E-state index contributed by atoms with van der Waals surface area (Å²) in [7, 11) is 0. The van der Waals surface area contributed by atoms with Crippen LogP contribution in [0.1, 0.15) is 37.7 Å². The quantitative estimate of drug-likeness (QED) is 0.888. The van der Waals surface area contributed by atoms with Crippen molar-refractivity contribution in [2.45, 2.75) is 45.2 Å². The van der Waals surface area contributed by atoms with E-state index >= 15 is 0 Å². The maximum Gasteiger partial charge on any atom is 0.329 e. The zero-order valence-corrected chi connectivity index (χ0v) is 11.8. The minimum atomic E-state index is -1.12. The van der Waals surface area contributed by atoms with Crippen molar-refractivity contribution < 1.29 is 19.1 Å². The summed E-state index contributed by atoms with van der Waals surface area (Å²) in [6, 6.07) is 3.26. The molecule has 2 amide bonds. The van der Waals surface area contributed by atoms with Gasteiger partial charge in [-0.1, -0.05) is 0 Å². The van der Waals surface area contributed by atoms with E-state index in [1.807, 2.05) is 13.0 Å².